The van der Waals surface area contributed by atoms with E-state index in [1.165, 1.54) is 12.0 Å². The van der Waals surface area contributed by atoms with Crippen molar-refractivity contribution in [1.29, 1.82) is 0 Å². The molecule has 0 aliphatic carbocycles. The SMILES string of the molecule is CCOCCc1cnc(-c2ccc(CCCCCCOCC(F)CC)cc2)nc1. The molecule has 0 N–H and O–H groups in total. The van der Waals surface area contributed by atoms with Crippen LogP contribution < -0.4 is 0 Å². The zero-order valence-electron chi connectivity index (χ0n) is 17.9. The van der Waals surface area contributed by atoms with Crippen molar-refractivity contribution in [2.45, 2.75) is 65.0 Å². The number of aryl methyl sites for hydroxylation is 1. The Bertz CT molecular complexity index is 662. The average Bonchev–Trinajstić information content (AvgIpc) is 2.76. The first-order chi connectivity index (χ1) is 14.2. The van der Waals surface area contributed by atoms with E-state index in [9.17, 15) is 4.39 Å². The molecular formula is C24H35FN2O2. The lowest BCUT2D eigenvalue weighted by atomic mass is 10.0. The molecule has 1 atom stereocenters. The molecule has 0 amide bonds. The van der Waals surface area contributed by atoms with E-state index in [1.54, 1.807) is 0 Å². The molecule has 0 saturated heterocycles. The van der Waals surface area contributed by atoms with Gasteiger partial charge in [-0.15, -0.1) is 0 Å². The fraction of sp³-hybridized carbons (Fsp3) is 0.583. The number of nitrogens with zero attached hydrogens (tertiary/aromatic N) is 2. The monoisotopic (exact) mass is 402 g/mol. The van der Waals surface area contributed by atoms with E-state index in [2.05, 4.69) is 34.2 Å². The topological polar surface area (TPSA) is 44.2 Å². The Morgan fingerprint density at radius 3 is 2.24 bits per heavy atom. The lowest BCUT2D eigenvalue weighted by Crippen LogP contribution is -2.09. The summed E-state index contributed by atoms with van der Waals surface area (Å²) in [5, 5.41) is 0. The van der Waals surface area contributed by atoms with Gasteiger partial charge in [0.25, 0.3) is 0 Å². The predicted molar refractivity (Wildman–Crippen MR) is 116 cm³/mol. The summed E-state index contributed by atoms with van der Waals surface area (Å²) in [4.78, 5) is 8.97. The normalized spacial score (nSPS) is 12.2. The highest BCUT2D eigenvalue weighted by Crippen LogP contribution is 2.17. The number of aromatic nitrogens is 2. The summed E-state index contributed by atoms with van der Waals surface area (Å²) < 4.78 is 23.7. The number of hydrogen-bond acceptors (Lipinski definition) is 4. The van der Waals surface area contributed by atoms with E-state index in [0.29, 0.717) is 19.6 Å². The average molecular weight is 403 g/mol. The van der Waals surface area contributed by atoms with E-state index in [0.717, 1.165) is 55.7 Å². The van der Waals surface area contributed by atoms with Crippen molar-refractivity contribution in [3.8, 4) is 11.4 Å². The van der Waals surface area contributed by atoms with E-state index in [4.69, 9.17) is 9.47 Å². The van der Waals surface area contributed by atoms with E-state index < -0.39 is 6.17 Å². The van der Waals surface area contributed by atoms with Gasteiger partial charge in [0.15, 0.2) is 5.82 Å². The van der Waals surface area contributed by atoms with Crippen LogP contribution in [0.1, 0.15) is 57.1 Å². The molecule has 0 radical (unpaired) electrons. The fourth-order valence-electron chi connectivity index (χ4n) is 3.00. The van der Waals surface area contributed by atoms with Gasteiger partial charge < -0.3 is 9.47 Å². The molecule has 1 aromatic heterocycles. The van der Waals surface area contributed by atoms with Gasteiger partial charge in [0.05, 0.1) is 13.2 Å². The second-order valence-corrected chi connectivity index (χ2v) is 7.30. The van der Waals surface area contributed by atoms with Gasteiger partial charge in [-0.05, 0) is 50.2 Å². The molecule has 29 heavy (non-hydrogen) atoms. The molecule has 1 unspecified atom stereocenters. The number of rotatable bonds is 15. The molecule has 5 heteroatoms. The second-order valence-electron chi connectivity index (χ2n) is 7.30. The van der Waals surface area contributed by atoms with Crippen LogP contribution in [0.3, 0.4) is 0 Å². The van der Waals surface area contributed by atoms with Gasteiger partial charge in [0.1, 0.15) is 6.17 Å². The summed E-state index contributed by atoms with van der Waals surface area (Å²) in [5.41, 5.74) is 3.47. The highest BCUT2D eigenvalue weighted by atomic mass is 19.1. The number of alkyl halides is 1. The lowest BCUT2D eigenvalue weighted by Gasteiger charge is -2.07. The molecule has 2 aromatic rings. The van der Waals surface area contributed by atoms with Gasteiger partial charge in [-0.3, -0.25) is 0 Å². The van der Waals surface area contributed by atoms with Crippen molar-refractivity contribution in [2.24, 2.45) is 0 Å². The molecule has 0 aliphatic heterocycles. The maximum absolute atomic E-state index is 13.0. The standard InChI is InChI=1S/C24H35FN2O2/c1-3-23(25)19-29-15-8-6-5-7-9-20-10-12-22(13-11-20)24-26-17-21(18-27-24)14-16-28-4-2/h10-13,17-18,23H,3-9,14-16,19H2,1-2H3. The van der Waals surface area contributed by atoms with E-state index >= 15 is 0 Å². The molecular weight excluding hydrogens is 367 g/mol. The minimum atomic E-state index is -0.818. The molecule has 0 spiro atoms. The van der Waals surface area contributed by atoms with Gasteiger partial charge in [0, 0.05) is 31.2 Å². The van der Waals surface area contributed by atoms with Crippen LogP contribution in [-0.4, -0.2) is 42.6 Å². The largest absolute Gasteiger partial charge is 0.381 e. The molecule has 160 valence electrons. The van der Waals surface area contributed by atoms with Crippen molar-refractivity contribution in [3.63, 3.8) is 0 Å². The maximum atomic E-state index is 13.0. The Morgan fingerprint density at radius 2 is 1.55 bits per heavy atom. The maximum Gasteiger partial charge on any atom is 0.159 e. The van der Waals surface area contributed by atoms with Crippen LogP contribution in [0, 0.1) is 0 Å². The van der Waals surface area contributed by atoms with Crippen molar-refractivity contribution in [3.05, 3.63) is 47.8 Å². The van der Waals surface area contributed by atoms with Gasteiger partial charge in [-0.25, -0.2) is 14.4 Å². The summed E-state index contributed by atoms with van der Waals surface area (Å²) in [6, 6.07) is 8.52. The van der Waals surface area contributed by atoms with Crippen molar-refractivity contribution < 1.29 is 13.9 Å². The predicted octanol–water partition coefficient (Wildman–Crippen LogP) is 5.59. The first-order valence-corrected chi connectivity index (χ1v) is 10.9. The van der Waals surface area contributed by atoms with Crippen molar-refractivity contribution in [2.75, 3.05) is 26.4 Å². The Balaban J connectivity index is 1.64. The Labute approximate surface area is 174 Å². The minimum absolute atomic E-state index is 0.239. The highest BCUT2D eigenvalue weighted by molar-refractivity contribution is 5.55. The van der Waals surface area contributed by atoms with Gasteiger partial charge in [-0.1, -0.05) is 44.0 Å². The van der Waals surface area contributed by atoms with Crippen molar-refractivity contribution >= 4 is 0 Å². The van der Waals surface area contributed by atoms with Crippen LogP contribution in [0.4, 0.5) is 4.39 Å². The summed E-state index contributed by atoms with van der Waals surface area (Å²) >= 11 is 0. The van der Waals surface area contributed by atoms with Gasteiger partial charge in [-0.2, -0.15) is 0 Å². The highest BCUT2D eigenvalue weighted by Gasteiger charge is 2.04. The molecule has 0 aliphatic rings. The van der Waals surface area contributed by atoms with Crippen molar-refractivity contribution in [1.82, 2.24) is 9.97 Å². The Morgan fingerprint density at radius 1 is 0.828 bits per heavy atom. The third kappa shape index (κ3) is 9.46. The number of hydrogen-bond donors (Lipinski definition) is 0. The third-order valence-corrected chi connectivity index (χ3v) is 4.90. The van der Waals surface area contributed by atoms with Crippen LogP contribution >= 0.6 is 0 Å². The van der Waals surface area contributed by atoms with Gasteiger partial charge >= 0.3 is 0 Å². The lowest BCUT2D eigenvalue weighted by molar-refractivity contribution is 0.0765. The first kappa shape index (κ1) is 23.4. The summed E-state index contributed by atoms with van der Waals surface area (Å²) in [5.74, 6) is 0.760. The quantitative estimate of drug-likeness (QED) is 0.364. The zero-order valence-corrected chi connectivity index (χ0v) is 17.9. The minimum Gasteiger partial charge on any atom is -0.381 e. The van der Waals surface area contributed by atoms with E-state index in [1.807, 2.05) is 26.2 Å². The first-order valence-electron chi connectivity index (χ1n) is 10.9. The number of benzene rings is 1. The number of halogens is 1. The smallest absolute Gasteiger partial charge is 0.159 e. The molecule has 1 heterocycles. The van der Waals surface area contributed by atoms with Gasteiger partial charge in [0.2, 0.25) is 0 Å². The van der Waals surface area contributed by atoms with E-state index in [-0.39, 0.29) is 6.61 Å². The van der Waals surface area contributed by atoms with Crippen LogP contribution in [0.25, 0.3) is 11.4 Å². The number of unbranched alkanes of at least 4 members (excludes halogenated alkanes) is 3. The molecule has 2 rings (SSSR count). The Hall–Kier alpha value is -1.85. The molecule has 1 aromatic carbocycles. The molecule has 0 saturated carbocycles. The third-order valence-electron chi connectivity index (χ3n) is 4.90. The number of ether oxygens (including phenoxy) is 2. The van der Waals surface area contributed by atoms with Crippen LogP contribution in [0.2, 0.25) is 0 Å². The summed E-state index contributed by atoms with van der Waals surface area (Å²) in [6.07, 6.45) is 9.86. The molecule has 0 fully saturated rings. The van der Waals surface area contributed by atoms with Crippen LogP contribution in [0.5, 0.6) is 0 Å². The van der Waals surface area contributed by atoms with Crippen LogP contribution in [0.15, 0.2) is 36.7 Å². The second kappa shape index (κ2) is 14.2. The molecule has 4 nitrogen and oxygen atoms in total. The Kier molecular flexibility index (Phi) is 11.5. The zero-order chi connectivity index (χ0) is 20.7. The summed E-state index contributed by atoms with van der Waals surface area (Å²) in [6.45, 7) is 6.19. The van der Waals surface area contributed by atoms with Crippen LogP contribution in [-0.2, 0) is 22.3 Å². The molecule has 0 bridgehead atoms. The fourth-order valence-corrected chi connectivity index (χ4v) is 3.00. The summed E-state index contributed by atoms with van der Waals surface area (Å²) in [7, 11) is 0.